The number of alkyl halides is 2. The van der Waals surface area contributed by atoms with Crippen molar-refractivity contribution in [3.8, 4) is 0 Å². The second kappa shape index (κ2) is 5.07. The third kappa shape index (κ3) is 3.47. The molecule has 1 aromatic rings. The number of aliphatic carboxylic acids is 1. The summed E-state index contributed by atoms with van der Waals surface area (Å²) in [5.41, 5.74) is 0.289. The highest BCUT2D eigenvalue weighted by Gasteiger charge is 2.24. The number of hydrogen-bond donors (Lipinski definition) is 1. The van der Waals surface area contributed by atoms with Gasteiger partial charge in [0.15, 0.2) is 0 Å². The zero-order chi connectivity index (χ0) is 11.4. The van der Waals surface area contributed by atoms with Crippen LogP contribution in [-0.4, -0.2) is 17.5 Å². The van der Waals surface area contributed by atoms with Crippen LogP contribution in [0.4, 0.5) is 8.78 Å². The fourth-order valence-corrected chi connectivity index (χ4v) is 1.38. The molecule has 1 N–H and O–H groups in total. The van der Waals surface area contributed by atoms with Gasteiger partial charge >= 0.3 is 5.97 Å². The van der Waals surface area contributed by atoms with Crippen molar-refractivity contribution in [3.05, 3.63) is 34.9 Å². The molecule has 1 atom stereocenters. The molecule has 15 heavy (non-hydrogen) atoms. The van der Waals surface area contributed by atoms with E-state index in [1.54, 1.807) is 0 Å². The standard InChI is InChI=1S/C10H9ClF2O2/c11-7-3-1-6(2-4-7)8(10(12)13)5-9(14)15/h1-4,8,10H,5H2,(H,14,15). The predicted octanol–water partition coefficient (Wildman–Crippen LogP) is 3.16. The number of carbonyl (C=O) groups is 1. The van der Waals surface area contributed by atoms with Crippen LogP contribution in [0.25, 0.3) is 0 Å². The second-order valence-electron chi connectivity index (χ2n) is 3.09. The minimum Gasteiger partial charge on any atom is -0.481 e. The fraction of sp³-hybridized carbons (Fsp3) is 0.300. The molecule has 0 saturated heterocycles. The van der Waals surface area contributed by atoms with Gasteiger partial charge in [0.1, 0.15) is 0 Å². The van der Waals surface area contributed by atoms with Gasteiger partial charge in [-0.25, -0.2) is 8.78 Å². The second-order valence-corrected chi connectivity index (χ2v) is 3.53. The molecule has 1 unspecified atom stereocenters. The minimum absolute atomic E-state index is 0.289. The van der Waals surface area contributed by atoms with Crippen LogP contribution in [0.5, 0.6) is 0 Å². The van der Waals surface area contributed by atoms with Crippen molar-refractivity contribution in [3.63, 3.8) is 0 Å². The van der Waals surface area contributed by atoms with Crippen molar-refractivity contribution >= 4 is 17.6 Å². The molecule has 5 heteroatoms. The van der Waals surface area contributed by atoms with Gasteiger partial charge in [0.25, 0.3) is 0 Å². The fourth-order valence-electron chi connectivity index (χ4n) is 1.25. The average molecular weight is 235 g/mol. The van der Waals surface area contributed by atoms with E-state index in [2.05, 4.69) is 0 Å². The minimum atomic E-state index is -2.69. The summed E-state index contributed by atoms with van der Waals surface area (Å²) >= 11 is 5.60. The zero-order valence-corrected chi connectivity index (χ0v) is 8.42. The van der Waals surface area contributed by atoms with Crippen LogP contribution in [0.2, 0.25) is 5.02 Å². The molecule has 0 aliphatic rings. The van der Waals surface area contributed by atoms with E-state index in [1.165, 1.54) is 24.3 Å². The molecular formula is C10H9ClF2O2. The molecule has 0 saturated carbocycles. The highest BCUT2D eigenvalue weighted by molar-refractivity contribution is 6.30. The van der Waals surface area contributed by atoms with E-state index in [0.717, 1.165) is 0 Å². The van der Waals surface area contributed by atoms with Gasteiger partial charge in [-0.2, -0.15) is 0 Å². The Morgan fingerprint density at radius 3 is 2.27 bits per heavy atom. The molecule has 0 spiro atoms. The monoisotopic (exact) mass is 234 g/mol. The Kier molecular flexibility index (Phi) is 4.03. The SMILES string of the molecule is O=C(O)CC(c1ccc(Cl)cc1)C(F)F. The third-order valence-electron chi connectivity index (χ3n) is 2.00. The first-order valence-corrected chi connectivity index (χ1v) is 4.64. The number of rotatable bonds is 4. The number of benzene rings is 1. The predicted molar refractivity (Wildman–Crippen MR) is 52.4 cm³/mol. The number of halogens is 3. The molecule has 0 radical (unpaired) electrons. The topological polar surface area (TPSA) is 37.3 Å². The van der Waals surface area contributed by atoms with Gasteiger partial charge in [0, 0.05) is 5.02 Å². The summed E-state index contributed by atoms with van der Waals surface area (Å²) in [6.45, 7) is 0. The van der Waals surface area contributed by atoms with Crippen LogP contribution in [0.15, 0.2) is 24.3 Å². The molecule has 0 aliphatic heterocycles. The highest BCUT2D eigenvalue weighted by atomic mass is 35.5. The quantitative estimate of drug-likeness (QED) is 0.869. The Bertz CT molecular complexity index is 338. The molecular weight excluding hydrogens is 226 g/mol. The summed E-state index contributed by atoms with van der Waals surface area (Å²) in [5.74, 6) is -2.52. The Labute approximate surface area is 90.5 Å². The molecule has 2 nitrogen and oxygen atoms in total. The van der Waals surface area contributed by atoms with Gasteiger partial charge in [-0.15, -0.1) is 0 Å². The van der Waals surface area contributed by atoms with Crippen molar-refractivity contribution in [2.75, 3.05) is 0 Å². The molecule has 1 aromatic carbocycles. The Morgan fingerprint density at radius 1 is 1.33 bits per heavy atom. The average Bonchev–Trinajstić information content (AvgIpc) is 2.15. The third-order valence-corrected chi connectivity index (χ3v) is 2.25. The zero-order valence-electron chi connectivity index (χ0n) is 7.66. The first kappa shape index (κ1) is 11.9. The highest BCUT2D eigenvalue weighted by Crippen LogP contribution is 2.27. The van der Waals surface area contributed by atoms with E-state index in [1.807, 2.05) is 0 Å². The van der Waals surface area contributed by atoms with Gasteiger partial charge in [-0.1, -0.05) is 23.7 Å². The number of carboxylic acid groups (broad SMARTS) is 1. The van der Waals surface area contributed by atoms with Crippen molar-refractivity contribution in [2.24, 2.45) is 0 Å². The lowest BCUT2D eigenvalue weighted by molar-refractivity contribution is -0.138. The van der Waals surface area contributed by atoms with Gasteiger partial charge in [-0.05, 0) is 17.7 Å². The van der Waals surface area contributed by atoms with E-state index in [9.17, 15) is 13.6 Å². The molecule has 1 rings (SSSR count). The number of carboxylic acids is 1. The largest absolute Gasteiger partial charge is 0.481 e. The lowest BCUT2D eigenvalue weighted by Crippen LogP contribution is -2.13. The molecule has 82 valence electrons. The van der Waals surface area contributed by atoms with E-state index in [4.69, 9.17) is 16.7 Å². The van der Waals surface area contributed by atoms with Gasteiger partial charge < -0.3 is 5.11 Å². The first-order chi connectivity index (χ1) is 7.00. The van der Waals surface area contributed by atoms with Crippen LogP contribution >= 0.6 is 11.6 Å². The smallest absolute Gasteiger partial charge is 0.304 e. The number of hydrogen-bond acceptors (Lipinski definition) is 1. The van der Waals surface area contributed by atoms with Crippen LogP contribution in [0, 0.1) is 0 Å². The van der Waals surface area contributed by atoms with Crippen LogP contribution in [0.3, 0.4) is 0 Å². The lowest BCUT2D eigenvalue weighted by Gasteiger charge is -2.13. The first-order valence-electron chi connectivity index (χ1n) is 4.26. The summed E-state index contributed by atoms with van der Waals surface area (Å²) in [7, 11) is 0. The molecule has 0 aromatic heterocycles. The maximum Gasteiger partial charge on any atom is 0.304 e. The maximum atomic E-state index is 12.5. The van der Waals surface area contributed by atoms with E-state index >= 15 is 0 Å². The summed E-state index contributed by atoms with van der Waals surface area (Å²) in [6.07, 6.45) is -3.28. The van der Waals surface area contributed by atoms with Crippen molar-refractivity contribution in [1.29, 1.82) is 0 Å². The summed E-state index contributed by atoms with van der Waals surface area (Å²) in [6, 6.07) is 5.77. The molecule has 0 aliphatic carbocycles. The Balaban J connectivity index is 2.88. The van der Waals surface area contributed by atoms with E-state index in [-0.39, 0.29) is 5.56 Å². The van der Waals surface area contributed by atoms with Crippen molar-refractivity contribution in [2.45, 2.75) is 18.8 Å². The molecule has 0 heterocycles. The van der Waals surface area contributed by atoms with E-state index < -0.39 is 24.7 Å². The normalized spacial score (nSPS) is 12.8. The maximum absolute atomic E-state index is 12.5. The van der Waals surface area contributed by atoms with Crippen molar-refractivity contribution < 1.29 is 18.7 Å². The van der Waals surface area contributed by atoms with Gasteiger partial charge in [0.2, 0.25) is 6.43 Å². The van der Waals surface area contributed by atoms with Gasteiger partial charge in [0.05, 0.1) is 12.3 Å². The van der Waals surface area contributed by atoms with Crippen molar-refractivity contribution in [1.82, 2.24) is 0 Å². The molecule has 0 bridgehead atoms. The van der Waals surface area contributed by atoms with E-state index in [0.29, 0.717) is 5.02 Å². The summed E-state index contributed by atoms with van der Waals surface area (Å²) in [5, 5.41) is 8.92. The Morgan fingerprint density at radius 2 is 1.87 bits per heavy atom. The lowest BCUT2D eigenvalue weighted by atomic mass is 9.96. The molecule has 0 amide bonds. The van der Waals surface area contributed by atoms with Crippen LogP contribution in [-0.2, 0) is 4.79 Å². The van der Waals surface area contributed by atoms with Crippen LogP contribution in [0.1, 0.15) is 17.9 Å². The van der Waals surface area contributed by atoms with Gasteiger partial charge in [-0.3, -0.25) is 4.79 Å². The molecule has 0 fully saturated rings. The Hall–Kier alpha value is -1.16. The summed E-state index contributed by atoms with van der Waals surface area (Å²) < 4.78 is 25.1. The summed E-state index contributed by atoms with van der Waals surface area (Å²) in [4.78, 5) is 10.4. The van der Waals surface area contributed by atoms with Crippen LogP contribution < -0.4 is 0 Å².